The molecule has 6 heteroatoms. The molecule has 3 N–H and O–H groups in total. The number of hydrogen-bond donors (Lipinski definition) is 3. The molecule has 0 bridgehead atoms. The molecule has 0 amide bonds. The highest BCUT2D eigenvalue weighted by Crippen LogP contribution is 2.37. The largest absolute Gasteiger partial charge is 0.507 e. The van der Waals surface area contributed by atoms with E-state index in [0.717, 1.165) is 0 Å². The van der Waals surface area contributed by atoms with Crippen LogP contribution in [0.3, 0.4) is 0 Å². The molecule has 2 rings (SSSR count). The Kier molecular flexibility index (Phi) is 4.90. The monoisotopic (exact) mass is 311 g/mol. The van der Waals surface area contributed by atoms with Crippen LogP contribution in [0.5, 0.6) is 11.5 Å². The normalized spacial score (nSPS) is 12.4. The van der Waals surface area contributed by atoms with Gasteiger partial charge in [0, 0.05) is 10.6 Å². The van der Waals surface area contributed by atoms with Crippen molar-refractivity contribution >= 4 is 17.4 Å². The minimum atomic E-state index is -2.51. The molecule has 0 spiro atoms. The smallest absolute Gasteiger partial charge is 0.288 e. The van der Waals surface area contributed by atoms with Gasteiger partial charge in [0.25, 0.3) is 5.76 Å². The molecular formula is C15H15F2NO2S. The lowest BCUT2D eigenvalue weighted by Crippen LogP contribution is -2.08. The summed E-state index contributed by atoms with van der Waals surface area (Å²) < 4.78 is 25.1. The van der Waals surface area contributed by atoms with Gasteiger partial charge in [0.15, 0.2) is 0 Å². The number of rotatable bonds is 5. The average Bonchev–Trinajstić information content (AvgIpc) is 2.40. The zero-order chi connectivity index (χ0) is 15.4. The zero-order valence-corrected chi connectivity index (χ0v) is 12.1. The van der Waals surface area contributed by atoms with E-state index >= 15 is 0 Å². The third kappa shape index (κ3) is 3.78. The van der Waals surface area contributed by atoms with Crippen molar-refractivity contribution in [2.75, 3.05) is 5.32 Å². The van der Waals surface area contributed by atoms with Crippen molar-refractivity contribution in [1.29, 1.82) is 0 Å². The Morgan fingerprint density at radius 2 is 1.62 bits per heavy atom. The van der Waals surface area contributed by atoms with Crippen molar-refractivity contribution in [1.82, 2.24) is 0 Å². The third-order valence-corrected chi connectivity index (χ3v) is 3.76. The summed E-state index contributed by atoms with van der Waals surface area (Å²) in [6, 6.07) is 10.7. The van der Waals surface area contributed by atoms with Gasteiger partial charge in [0.1, 0.15) is 11.5 Å². The van der Waals surface area contributed by atoms with Gasteiger partial charge in [-0.1, -0.05) is 30.0 Å². The number of anilines is 1. The molecule has 1 atom stereocenters. The highest BCUT2D eigenvalue weighted by molar-refractivity contribution is 7.99. The molecule has 0 aliphatic heterocycles. The van der Waals surface area contributed by atoms with E-state index in [0.29, 0.717) is 27.9 Å². The van der Waals surface area contributed by atoms with Crippen LogP contribution in [-0.4, -0.2) is 16.0 Å². The van der Waals surface area contributed by atoms with Crippen LogP contribution < -0.4 is 5.32 Å². The standard InChI is InChI=1S/C15H15F2NO2S/c1-9(14-11(19)6-4-7-12(14)20)18-10-5-2-3-8-13(10)21-15(16)17/h2-9,15,18-20H,1H3. The topological polar surface area (TPSA) is 52.5 Å². The summed E-state index contributed by atoms with van der Waals surface area (Å²) in [6.45, 7) is 1.73. The van der Waals surface area contributed by atoms with Crippen LogP contribution in [0.2, 0.25) is 0 Å². The molecule has 0 saturated heterocycles. The van der Waals surface area contributed by atoms with E-state index in [1.165, 1.54) is 18.2 Å². The predicted octanol–water partition coefficient (Wildman–Crippen LogP) is 4.59. The molecule has 2 aromatic carbocycles. The van der Waals surface area contributed by atoms with E-state index in [2.05, 4.69) is 5.32 Å². The van der Waals surface area contributed by atoms with Crippen LogP contribution in [0.1, 0.15) is 18.5 Å². The Morgan fingerprint density at radius 1 is 1.00 bits per heavy atom. The molecule has 3 nitrogen and oxygen atoms in total. The van der Waals surface area contributed by atoms with Gasteiger partial charge in [-0.05, 0) is 31.2 Å². The third-order valence-electron chi connectivity index (χ3n) is 2.97. The summed E-state index contributed by atoms with van der Waals surface area (Å²) in [6.07, 6.45) is 0. The van der Waals surface area contributed by atoms with Gasteiger partial charge in [0.05, 0.1) is 11.6 Å². The number of benzene rings is 2. The number of halogens is 2. The lowest BCUT2D eigenvalue weighted by Gasteiger charge is -2.19. The van der Waals surface area contributed by atoms with Crippen molar-refractivity contribution in [2.45, 2.75) is 23.6 Å². The molecule has 0 aliphatic rings. The van der Waals surface area contributed by atoms with Crippen molar-refractivity contribution in [3.63, 3.8) is 0 Å². The summed E-state index contributed by atoms with van der Waals surface area (Å²) in [5, 5.41) is 22.7. The van der Waals surface area contributed by atoms with Crippen LogP contribution in [-0.2, 0) is 0 Å². The molecule has 2 aromatic rings. The fourth-order valence-electron chi connectivity index (χ4n) is 2.07. The highest BCUT2D eigenvalue weighted by Gasteiger charge is 2.17. The quantitative estimate of drug-likeness (QED) is 0.707. The van der Waals surface area contributed by atoms with Crippen LogP contribution >= 0.6 is 11.8 Å². The molecular weight excluding hydrogens is 296 g/mol. The van der Waals surface area contributed by atoms with Gasteiger partial charge in [0.2, 0.25) is 0 Å². The lowest BCUT2D eigenvalue weighted by atomic mass is 10.1. The first kappa shape index (κ1) is 15.4. The van der Waals surface area contributed by atoms with Gasteiger partial charge in [-0.3, -0.25) is 0 Å². The van der Waals surface area contributed by atoms with Gasteiger partial charge < -0.3 is 15.5 Å². The van der Waals surface area contributed by atoms with E-state index in [4.69, 9.17) is 0 Å². The van der Waals surface area contributed by atoms with Gasteiger partial charge >= 0.3 is 0 Å². The Morgan fingerprint density at radius 3 is 2.24 bits per heavy atom. The number of aromatic hydroxyl groups is 2. The summed E-state index contributed by atoms with van der Waals surface area (Å²) in [5.41, 5.74) is 0.854. The van der Waals surface area contributed by atoms with Gasteiger partial charge in [-0.25, -0.2) is 0 Å². The number of phenolic OH excluding ortho intramolecular Hbond substituents is 2. The second-order valence-electron chi connectivity index (χ2n) is 4.45. The molecule has 112 valence electrons. The van der Waals surface area contributed by atoms with E-state index in [-0.39, 0.29) is 11.5 Å². The Balaban J connectivity index is 2.26. The Bertz CT molecular complexity index is 602. The molecule has 0 aromatic heterocycles. The number of nitrogens with one attached hydrogen (secondary N) is 1. The molecule has 21 heavy (non-hydrogen) atoms. The number of thioether (sulfide) groups is 1. The molecule has 0 saturated carbocycles. The van der Waals surface area contributed by atoms with Crippen LogP contribution in [0.15, 0.2) is 47.4 Å². The molecule has 0 fully saturated rings. The highest BCUT2D eigenvalue weighted by atomic mass is 32.2. The average molecular weight is 311 g/mol. The zero-order valence-electron chi connectivity index (χ0n) is 11.3. The minimum Gasteiger partial charge on any atom is -0.507 e. The van der Waals surface area contributed by atoms with Crippen LogP contribution in [0.4, 0.5) is 14.5 Å². The van der Waals surface area contributed by atoms with Gasteiger partial charge in [-0.15, -0.1) is 0 Å². The molecule has 1 unspecified atom stereocenters. The van der Waals surface area contributed by atoms with E-state index < -0.39 is 11.8 Å². The van der Waals surface area contributed by atoms with E-state index in [1.54, 1.807) is 31.2 Å². The van der Waals surface area contributed by atoms with Crippen molar-refractivity contribution < 1.29 is 19.0 Å². The SMILES string of the molecule is CC(Nc1ccccc1SC(F)F)c1c(O)cccc1O. The van der Waals surface area contributed by atoms with Crippen molar-refractivity contribution in [2.24, 2.45) is 0 Å². The first-order valence-electron chi connectivity index (χ1n) is 6.30. The first-order chi connectivity index (χ1) is 9.99. The van der Waals surface area contributed by atoms with Crippen LogP contribution in [0, 0.1) is 0 Å². The predicted molar refractivity (Wildman–Crippen MR) is 80.1 cm³/mol. The second-order valence-corrected chi connectivity index (χ2v) is 5.48. The number of hydrogen-bond acceptors (Lipinski definition) is 4. The van der Waals surface area contributed by atoms with Crippen LogP contribution in [0.25, 0.3) is 0 Å². The van der Waals surface area contributed by atoms with Crippen molar-refractivity contribution in [3.8, 4) is 11.5 Å². The summed E-state index contributed by atoms with van der Waals surface area (Å²) in [5.74, 6) is -2.61. The fraction of sp³-hybridized carbons (Fsp3) is 0.200. The summed E-state index contributed by atoms with van der Waals surface area (Å²) in [4.78, 5) is 0.411. The maximum Gasteiger partial charge on any atom is 0.288 e. The second kappa shape index (κ2) is 6.67. The van der Waals surface area contributed by atoms with E-state index in [1.807, 2.05) is 0 Å². The van der Waals surface area contributed by atoms with Gasteiger partial charge in [-0.2, -0.15) is 8.78 Å². The molecule has 0 heterocycles. The number of phenols is 2. The Hall–Kier alpha value is -1.95. The summed E-state index contributed by atoms with van der Waals surface area (Å²) in [7, 11) is 0. The minimum absolute atomic E-state index is 0.0472. The van der Waals surface area contributed by atoms with E-state index in [9.17, 15) is 19.0 Å². The maximum absolute atomic E-state index is 12.5. The first-order valence-corrected chi connectivity index (χ1v) is 7.18. The number of para-hydroxylation sites is 1. The molecule has 0 aliphatic carbocycles. The van der Waals surface area contributed by atoms with Crippen molar-refractivity contribution in [3.05, 3.63) is 48.0 Å². The fourth-order valence-corrected chi connectivity index (χ4v) is 2.68. The number of alkyl halides is 2. The summed E-state index contributed by atoms with van der Waals surface area (Å²) >= 11 is 0.450. The Labute approximate surface area is 125 Å². The molecule has 0 radical (unpaired) electrons. The maximum atomic E-state index is 12.5. The lowest BCUT2D eigenvalue weighted by molar-refractivity contribution is 0.252.